The Hall–Kier alpha value is -0.820. The molecule has 110 valence electrons. The maximum atomic E-state index is 3.78. The van der Waals surface area contributed by atoms with Crippen molar-refractivity contribution in [3.05, 3.63) is 35.9 Å². The third-order valence-corrected chi connectivity index (χ3v) is 5.53. The molecule has 0 bridgehead atoms. The Bertz CT molecular complexity index is 385. The number of hydrogen-bond donors (Lipinski definition) is 1. The van der Waals surface area contributed by atoms with Crippen LogP contribution in [0.1, 0.15) is 63.4 Å². The zero-order chi connectivity index (χ0) is 13.8. The predicted octanol–water partition coefficient (Wildman–Crippen LogP) is 4.74. The molecule has 1 nitrogen and oxygen atoms in total. The third kappa shape index (κ3) is 3.63. The molecule has 2 fully saturated rings. The highest BCUT2D eigenvalue weighted by atomic mass is 14.9. The Labute approximate surface area is 124 Å². The molecule has 3 rings (SSSR count). The van der Waals surface area contributed by atoms with Gasteiger partial charge in [-0.2, -0.15) is 0 Å². The van der Waals surface area contributed by atoms with Crippen molar-refractivity contribution in [1.82, 2.24) is 5.32 Å². The predicted molar refractivity (Wildman–Crippen MR) is 85.9 cm³/mol. The lowest BCUT2D eigenvalue weighted by Crippen LogP contribution is -2.41. The summed E-state index contributed by atoms with van der Waals surface area (Å²) in [6.45, 7) is 3.65. The number of hydrogen-bond acceptors (Lipinski definition) is 1. The van der Waals surface area contributed by atoms with E-state index in [2.05, 4.69) is 42.6 Å². The molecule has 0 heterocycles. The van der Waals surface area contributed by atoms with Gasteiger partial charge < -0.3 is 5.32 Å². The molecule has 0 aromatic heterocycles. The van der Waals surface area contributed by atoms with Crippen LogP contribution < -0.4 is 5.32 Å². The van der Waals surface area contributed by atoms with Crippen molar-refractivity contribution < 1.29 is 0 Å². The van der Waals surface area contributed by atoms with E-state index in [0.717, 1.165) is 23.8 Å². The summed E-state index contributed by atoms with van der Waals surface area (Å²) < 4.78 is 0. The topological polar surface area (TPSA) is 12.0 Å². The minimum absolute atomic E-state index is 0.780. The van der Waals surface area contributed by atoms with Crippen LogP contribution in [0.4, 0.5) is 0 Å². The summed E-state index contributed by atoms with van der Waals surface area (Å²) in [5.74, 6) is 2.80. The molecule has 0 aliphatic heterocycles. The van der Waals surface area contributed by atoms with E-state index in [1.165, 1.54) is 57.1 Å². The molecule has 0 radical (unpaired) electrons. The first-order chi connectivity index (χ1) is 9.81. The molecule has 2 aliphatic rings. The summed E-state index contributed by atoms with van der Waals surface area (Å²) in [4.78, 5) is 0. The van der Waals surface area contributed by atoms with Crippen molar-refractivity contribution in [1.29, 1.82) is 0 Å². The molecular weight excluding hydrogens is 242 g/mol. The Balaban J connectivity index is 1.30. The van der Waals surface area contributed by atoms with Gasteiger partial charge in [0.25, 0.3) is 0 Å². The fourth-order valence-electron chi connectivity index (χ4n) is 3.89. The minimum Gasteiger partial charge on any atom is -0.314 e. The first kappa shape index (κ1) is 14.1. The van der Waals surface area contributed by atoms with E-state index in [4.69, 9.17) is 0 Å². The van der Waals surface area contributed by atoms with Crippen LogP contribution in [0.3, 0.4) is 0 Å². The van der Waals surface area contributed by atoms with Crippen LogP contribution in [0.15, 0.2) is 30.3 Å². The van der Waals surface area contributed by atoms with Gasteiger partial charge >= 0.3 is 0 Å². The molecule has 0 amide bonds. The summed E-state index contributed by atoms with van der Waals surface area (Å²) in [6.07, 6.45) is 9.95. The van der Waals surface area contributed by atoms with Crippen molar-refractivity contribution in [2.75, 3.05) is 6.54 Å². The smallest absolute Gasteiger partial charge is 0.00787 e. The van der Waals surface area contributed by atoms with Gasteiger partial charge in [-0.25, -0.2) is 0 Å². The highest BCUT2D eigenvalue weighted by Crippen LogP contribution is 2.37. The zero-order valence-corrected chi connectivity index (χ0v) is 12.9. The van der Waals surface area contributed by atoms with Crippen LogP contribution >= 0.6 is 0 Å². The highest BCUT2D eigenvalue weighted by Gasteiger charge is 2.29. The summed E-state index contributed by atoms with van der Waals surface area (Å²) in [5.41, 5.74) is 1.53. The normalized spacial score (nSPS) is 33.6. The van der Waals surface area contributed by atoms with Crippen molar-refractivity contribution in [2.45, 2.75) is 63.8 Å². The van der Waals surface area contributed by atoms with Gasteiger partial charge in [-0.1, -0.05) is 62.9 Å². The van der Waals surface area contributed by atoms with Crippen molar-refractivity contribution in [3.63, 3.8) is 0 Å². The van der Waals surface area contributed by atoms with Crippen molar-refractivity contribution in [3.8, 4) is 0 Å². The first-order valence-electron chi connectivity index (χ1n) is 8.59. The van der Waals surface area contributed by atoms with Crippen LogP contribution in [0.2, 0.25) is 0 Å². The van der Waals surface area contributed by atoms with E-state index < -0.39 is 0 Å². The van der Waals surface area contributed by atoms with E-state index in [0.29, 0.717) is 0 Å². The van der Waals surface area contributed by atoms with Crippen LogP contribution in [-0.2, 0) is 0 Å². The minimum atomic E-state index is 0.780. The van der Waals surface area contributed by atoms with E-state index in [9.17, 15) is 0 Å². The number of nitrogens with one attached hydrogen (secondary N) is 1. The van der Waals surface area contributed by atoms with Crippen LogP contribution in [0, 0.1) is 11.8 Å². The Kier molecular flexibility index (Phi) is 4.77. The average molecular weight is 271 g/mol. The molecule has 0 unspecified atom stereocenters. The second-order valence-corrected chi connectivity index (χ2v) is 7.14. The highest BCUT2D eigenvalue weighted by molar-refractivity contribution is 5.22. The molecule has 1 aromatic rings. The van der Waals surface area contributed by atoms with E-state index in [-0.39, 0.29) is 0 Å². The molecular formula is C19H29N. The van der Waals surface area contributed by atoms with Crippen LogP contribution in [-0.4, -0.2) is 12.6 Å². The summed E-state index contributed by atoms with van der Waals surface area (Å²) >= 11 is 0. The van der Waals surface area contributed by atoms with Crippen molar-refractivity contribution >= 4 is 0 Å². The monoisotopic (exact) mass is 271 g/mol. The lowest BCUT2D eigenvalue weighted by Gasteiger charge is -2.37. The van der Waals surface area contributed by atoms with Crippen LogP contribution in [0.5, 0.6) is 0 Å². The van der Waals surface area contributed by atoms with E-state index in [1.54, 1.807) is 0 Å². The molecule has 2 saturated carbocycles. The molecule has 1 aromatic carbocycles. The molecule has 20 heavy (non-hydrogen) atoms. The van der Waals surface area contributed by atoms with Gasteiger partial charge in [-0.3, -0.25) is 0 Å². The molecule has 0 atom stereocenters. The second kappa shape index (κ2) is 6.76. The first-order valence-corrected chi connectivity index (χ1v) is 8.59. The van der Waals surface area contributed by atoms with Crippen molar-refractivity contribution in [2.24, 2.45) is 11.8 Å². The number of benzene rings is 1. The third-order valence-electron chi connectivity index (χ3n) is 5.53. The van der Waals surface area contributed by atoms with Crippen LogP contribution in [0.25, 0.3) is 0 Å². The van der Waals surface area contributed by atoms with Gasteiger partial charge in [0.1, 0.15) is 0 Å². The fraction of sp³-hybridized carbons (Fsp3) is 0.684. The Morgan fingerprint density at radius 2 is 1.70 bits per heavy atom. The zero-order valence-electron chi connectivity index (χ0n) is 12.9. The maximum Gasteiger partial charge on any atom is 0.00787 e. The lowest BCUT2D eigenvalue weighted by molar-refractivity contribution is 0.251. The maximum absolute atomic E-state index is 3.78. The average Bonchev–Trinajstić information content (AvgIpc) is 2.44. The molecule has 0 spiro atoms. The fourth-order valence-corrected chi connectivity index (χ4v) is 3.89. The number of rotatable bonds is 5. The summed E-state index contributed by atoms with van der Waals surface area (Å²) in [6, 6.07) is 11.8. The van der Waals surface area contributed by atoms with Gasteiger partial charge in [-0.05, 0) is 49.1 Å². The largest absolute Gasteiger partial charge is 0.314 e. The SMILES string of the molecule is CC1CCC(CCNC2CC(c3ccccc3)C2)CC1. The second-order valence-electron chi connectivity index (χ2n) is 7.14. The molecule has 1 N–H and O–H groups in total. The molecule has 2 aliphatic carbocycles. The van der Waals surface area contributed by atoms with Gasteiger partial charge in [0, 0.05) is 6.04 Å². The van der Waals surface area contributed by atoms with Gasteiger partial charge in [0.15, 0.2) is 0 Å². The Morgan fingerprint density at radius 3 is 2.40 bits per heavy atom. The van der Waals surface area contributed by atoms with Gasteiger partial charge in [-0.15, -0.1) is 0 Å². The van der Waals surface area contributed by atoms with Gasteiger partial charge in [0.05, 0.1) is 0 Å². The lowest BCUT2D eigenvalue weighted by atomic mass is 9.75. The van der Waals surface area contributed by atoms with Gasteiger partial charge in [0.2, 0.25) is 0 Å². The van der Waals surface area contributed by atoms with E-state index in [1.807, 2.05) is 0 Å². The standard InChI is InChI=1S/C19H29N/c1-15-7-9-16(10-8-15)11-12-20-19-13-18(14-19)17-5-3-2-4-6-17/h2-6,15-16,18-20H,7-14H2,1H3. The summed E-state index contributed by atoms with van der Waals surface area (Å²) in [5, 5.41) is 3.78. The molecule has 1 heteroatoms. The molecule has 0 saturated heterocycles. The quantitative estimate of drug-likeness (QED) is 0.815. The Morgan fingerprint density at radius 1 is 1.00 bits per heavy atom. The summed E-state index contributed by atoms with van der Waals surface area (Å²) in [7, 11) is 0. The van der Waals surface area contributed by atoms with E-state index >= 15 is 0 Å².